The molecule has 2 rings (SSSR count). The second-order valence-corrected chi connectivity index (χ2v) is 4.24. The van der Waals surface area contributed by atoms with Crippen molar-refractivity contribution in [2.24, 2.45) is 5.73 Å². The van der Waals surface area contributed by atoms with Gasteiger partial charge in [0.25, 0.3) is 5.91 Å². The first-order valence-electron chi connectivity index (χ1n) is 5.66. The van der Waals surface area contributed by atoms with Crippen molar-refractivity contribution in [1.29, 1.82) is 0 Å². The summed E-state index contributed by atoms with van der Waals surface area (Å²) in [5.41, 5.74) is 11.5. The number of carbonyl (C=O) groups excluding carboxylic acids is 1. The molecule has 0 saturated heterocycles. The average molecular weight is 280 g/mol. The number of primary amides is 1. The maximum Gasteiger partial charge on any atom is 0.416 e. The van der Waals surface area contributed by atoms with Gasteiger partial charge in [0, 0.05) is 5.69 Å². The van der Waals surface area contributed by atoms with Crippen LogP contribution in [0.2, 0.25) is 0 Å². The number of hydrogen-bond donors (Lipinski definition) is 2. The first-order chi connectivity index (χ1) is 9.29. The van der Waals surface area contributed by atoms with E-state index >= 15 is 0 Å². The van der Waals surface area contributed by atoms with Gasteiger partial charge in [-0.25, -0.2) is 0 Å². The lowest BCUT2D eigenvalue weighted by Gasteiger charge is -2.09. The Morgan fingerprint density at radius 2 is 1.50 bits per heavy atom. The van der Waals surface area contributed by atoms with Gasteiger partial charge >= 0.3 is 6.18 Å². The Hall–Kier alpha value is -2.50. The fraction of sp³-hybridized carbons (Fsp3) is 0.0714. The number of carbonyl (C=O) groups is 1. The largest absolute Gasteiger partial charge is 0.416 e. The summed E-state index contributed by atoms with van der Waals surface area (Å²) in [6.45, 7) is 0. The zero-order chi connectivity index (χ0) is 14.9. The Bertz CT molecular complexity index is 648. The van der Waals surface area contributed by atoms with Crippen molar-refractivity contribution in [3.63, 3.8) is 0 Å². The normalized spacial score (nSPS) is 11.3. The van der Waals surface area contributed by atoms with Gasteiger partial charge in [0.05, 0.1) is 11.1 Å². The lowest BCUT2D eigenvalue weighted by Crippen LogP contribution is -2.13. The maximum atomic E-state index is 12.5. The van der Waals surface area contributed by atoms with Crippen molar-refractivity contribution < 1.29 is 18.0 Å². The van der Waals surface area contributed by atoms with Crippen molar-refractivity contribution >= 4 is 11.6 Å². The molecule has 1 amide bonds. The van der Waals surface area contributed by atoms with Gasteiger partial charge in [0.2, 0.25) is 0 Å². The third-order valence-corrected chi connectivity index (χ3v) is 2.86. The van der Waals surface area contributed by atoms with Crippen LogP contribution < -0.4 is 11.5 Å². The summed E-state index contributed by atoms with van der Waals surface area (Å²) in [6, 6.07) is 9.20. The molecule has 2 aromatic carbocycles. The molecule has 0 atom stereocenters. The lowest BCUT2D eigenvalue weighted by atomic mass is 10.0. The summed E-state index contributed by atoms with van der Waals surface area (Å²) < 4.78 is 37.4. The van der Waals surface area contributed by atoms with Crippen LogP contribution in [0.3, 0.4) is 0 Å². The predicted molar refractivity (Wildman–Crippen MR) is 69.8 cm³/mol. The number of anilines is 1. The van der Waals surface area contributed by atoms with Gasteiger partial charge in [-0.1, -0.05) is 18.2 Å². The van der Waals surface area contributed by atoms with E-state index in [-0.39, 0.29) is 11.3 Å². The third kappa shape index (κ3) is 2.74. The molecular weight excluding hydrogens is 269 g/mol. The molecule has 0 aliphatic heterocycles. The highest BCUT2D eigenvalue weighted by Crippen LogP contribution is 2.31. The van der Waals surface area contributed by atoms with Gasteiger partial charge in [-0.15, -0.1) is 0 Å². The number of alkyl halides is 3. The number of hydrogen-bond acceptors (Lipinski definition) is 2. The Kier molecular flexibility index (Phi) is 3.40. The topological polar surface area (TPSA) is 69.1 Å². The second kappa shape index (κ2) is 4.88. The molecule has 0 unspecified atom stereocenters. The summed E-state index contributed by atoms with van der Waals surface area (Å²) in [6.07, 6.45) is -4.38. The standard InChI is InChI=1S/C14H11F3N2O/c15-14(16,17)10-4-1-8(2-5-10)9-3-6-12(18)11(7-9)13(19)20/h1-7H,18H2,(H2,19,20). The number of nitrogens with two attached hydrogens (primary N) is 2. The van der Waals surface area contributed by atoms with E-state index in [2.05, 4.69) is 0 Å². The van der Waals surface area contributed by atoms with Crippen LogP contribution in [-0.2, 0) is 6.18 Å². The fourth-order valence-electron chi connectivity index (χ4n) is 1.80. The van der Waals surface area contributed by atoms with E-state index in [1.807, 2.05) is 0 Å². The second-order valence-electron chi connectivity index (χ2n) is 4.24. The minimum atomic E-state index is -4.38. The Balaban J connectivity index is 2.42. The minimum absolute atomic E-state index is 0.141. The van der Waals surface area contributed by atoms with Crippen LogP contribution in [0.5, 0.6) is 0 Å². The monoisotopic (exact) mass is 280 g/mol. The summed E-state index contributed by atoms with van der Waals surface area (Å²) in [5.74, 6) is -0.684. The van der Waals surface area contributed by atoms with Crippen LogP contribution in [0.15, 0.2) is 42.5 Å². The van der Waals surface area contributed by atoms with Crippen molar-refractivity contribution in [2.45, 2.75) is 6.18 Å². The Morgan fingerprint density at radius 3 is 2.00 bits per heavy atom. The molecule has 0 radical (unpaired) electrons. The first kappa shape index (κ1) is 13.9. The highest BCUT2D eigenvalue weighted by molar-refractivity contribution is 5.99. The molecule has 3 nitrogen and oxygen atoms in total. The van der Waals surface area contributed by atoms with Crippen molar-refractivity contribution in [3.05, 3.63) is 53.6 Å². The highest BCUT2D eigenvalue weighted by atomic mass is 19.4. The van der Waals surface area contributed by atoms with Crippen LogP contribution in [0, 0.1) is 0 Å². The van der Waals surface area contributed by atoms with E-state index in [0.717, 1.165) is 12.1 Å². The van der Waals surface area contributed by atoms with Gasteiger partial charge in [-0.05, 0) is 35.4 Å². The van der Waals surface area contributed by atoms with Crippen LogP contribution in [-0.4, -0.2) is 5.91 Å². The zero-order valence-corrected chi connectivity index (χ0v) is 10.2. The smallest absolute Gasteiger partial charge is 0.398 e. The summed E-state index contributed by atoms with van der Waals surface area (Å²) in [7, 11) is 0. The maximum absolute atomic E-state index is 12.5. The number of nitrogen functional groups attached to an aromatic ring is 1. The number of benzene rings is 2. The number of amides is 1. The molecule has 0 heterocycles. The number of rotatable bonds is 2. The van der Waals surface area contributed by atoms with E-state index in [1.54, 1.807) is 6.07 Å². The molecule has 6 heteroatoms. The van der Waals surface area contributed by atoms with Crippen molar-refractivity contribution in [1.82, 2.24) is 0 Å². The molecular formula is C14H11F3N2O. The van der Waals surface area contributed by atoms with Crippen LogP contribution in [0.25, 0.3) is 11.1 Å². The highest BCUT2D eigenvalue weighted by Gasteiger charge is 2.29. The van der Waals surface area contributed by atoms with Gasteiger partial charge in [0.15, 0.2) is 0 Å². The molecule has 0 aromatic heterocycles. The average Bonchev–Trinajstić information content (AvgIpc) is 2.38. The van der Waals surface area contributed by atoms with Crippen molar-refractivity contribution in [3.8, 4) is 11.1 Å². The van der Waals surface area contributed by atoms with E-state index in [1.165, 1.54) is 24.3 Å². The fourth-order valence-corrected chi connectivity index (χ4v) is 1.80. The molecule has 0 fully saturated rings. The third-order valence-electron chi connectivity index (χ3n) is 2.86. The Labute approximate surface area is 113 Å². The molecule has 20 heavy (non-hydrogen) atoms. The van der Waals surface area contributed by atoms with Crippen LogP contribution in [0.4, 0.5) is 18.9 Å². The van der Waals surface area contributed by atoms with E-state index in [4.69, 9.17) is 11.5 Å². The van der Waals surface area contributed by atoms with E-state index < -0.39 is 17.6 Å². The van der Waals surface area contributed by atoms with Gasteiger partial charge in [-0.2, -0.15) is 13.2 Å². The summed E-state index contributed by atoms with van der Waals surface area (Å²) in [4.78, 5) is 11.2. The van der Waals surface area contributed by atoms with Crippen LogP contribution in [0.1, 0.15) is 15.9 Å². The Morgan fingerprint density at radius 1 is 0.950 bits per heavy atom. The lowest BCUT2D eigenvalue weighted by molar-refractivity contribution is -0.137. The summed E-state index contributed by atoms with van der Waals surface area (Å²) >= 11 is 0. The van der Waals surface area contributed by atoms with Crippen molar-refractivity contribution in [2.75, 3.05) is 5.73 Å². The minimum Gasteiger partial charge on any atom is -0.398 e. The first-order valence-corrected chi connectivity index (χ1v) is 5.66. The quantitative estimate of drug-likeness (QED) is 0.830. The molecule has 0 spiro atoms. The van der Waals surface area contributed by atoms with E-state index in [0.29, 0.717) is 11.1 Å². The SMILES string of the molecule is NC(=O)c1cc(-c2ccc(C(F)(F)F)cc2)ccc1N. The van der Waals surface area contributed by atoms with Gasteiger partial charge in [-0.3, -0.25) is 4.79 Å². The van der Waals surface area contributed by atoms with Gasteiger partial charge < -0.3 is 11.5 Å². The summed E-state index contributed by atoms with van der Waals surface area (Å²) in [5, 5.41) is 0. The molecule has 104 valence electrons. The van der Waals surface area contributed by atoms with Gasteiger partial charge in [0.1, 0.15) is 0 Å². The predicted octanol–water partition coefficient (Wildman–Crippen LogP) is 3.05. The van der Waals surface area contributed by atoms with E-state index in [9.17, 15) is 18.0 Å². The molecule has 0 saturated carbocycles. The number of halogens is 3. The van der Waals surface area contributed by atoms with Crippen LogP contribution >= 0.6 is 0 Å². The zero-order valence-electron chi connectivity index (χ0n) is 10.2. The molecule has 0 aliphatic rings. The molecule has 0 aliphatic carbocycles. The molecule has 4 N–H and O–H groups in total. The molecule has 0 bridgehead atoms. The molecule has 2 aromatic rings.